The Morgan fingerprint density at radius 3 is 2.89 bits per heavy atom. The molecule has 146 valence electrons. The van der Waals surface area contributed by atoms with E-state index in [4.69, 9.17) is 14.8 Å². The highest BCUT2D eigenvalue weighted by molar-refractivity contribution is 6.01. The highest BCUT2D eigenvalue weighted by atomic mass is 16.5. The molecular weight excluding hydrogens is 354 g/mol. The van der Waals surface area contributed by atoms with Crippen LogP contribution < -0.4 is 10.1 Å². The van der Waals surface area contributed by atoms with Crippen molar-refractivity contribution in [3.05, 3.63) is 58.4 Å². The van der Waals surface area contributed by atoms with E-state index in [2.05, 4.69) is 24.4 Å². The molecule has 28 heavy (non-hydrogen) atoms. The van der Waals surface area contributed by atoms with E-state index in [9.17, 15) is 4.79 Å². The largest absolute Gasteiger partial charge is 0.483 e. The summed E-state index contributed by atoms with van der Waals surface area (Å²) in [6.07, 6.45) is 1.48. The van der Waals surface area contributed by atoms with E-state index in [1.807, 2.05) is 36.7 Å². The van der Waals surface area contributed by atoms with Gasteiger partial charge in [-0.25, -0.2) is 4.98 Å². The summed E-state index contributed by atoms with van der Waals surface area (Å²) in [4.78, 5) is 17.4. The number of aliphatic hydroxyl groups excluding tert-OH is 1. The molecular formula is C22H25N3O3. The fourth-order valence-corrected chi connectivity index (χ4v) is 3.93. The molecule has 2 aromatic carbocycles. The van der Waals surface area contributed by atoms with Crippen LogP contribution in [0.1, 0.15) is 45.4 Å². The van der Waals surface area contributed by atoms with E-state index in [1.54, 1.807) is 0 Å². The third kappa shape index (κ3) is 3.03. The molecule has 0 aliphatic carbocycles. The molecule has 1 aromatic heterocycles. The highest BCUT2D eigenvalue weighted by Crippen LogP contribution is 2.42. The number of carbonyl (C=O) groups excluding carboxylic acids is 1. The summed E-state index contributed by atoms with van der Waals surface area (Å²) in [7, 11) is 1.94. The lowest BCUT2D eigenvalue weighted by molar-refractivity contribution is 0.0941. The Morgan fingerprint density at radius 1 is 1.36 bits per heavy atom. The van der Waals surface area contributed by atoms with Crippen LogP contribution in [0.5, 0.6) is 5.75 Å². The number of imidazole rings is 1. The average Bonchev–Trinajstić information content (AvgIpc) is 3.00. The van der Waals surface area contributed by atoms with Gasteiger partial charge < -0.3 is 19.7 Å². The first kappa shape index (κ1) is 18.5. The number of aliphatic hydroxyl groups is 1. The predicted molar refractivity (Wildman–Crippen MR) is 108 cm³/mol. The Hall–Kier alpha value is -2.86. The first-order chi connectivity index (χ1) is 13.5. The summed E-state index contributed by atoms with van der Waals surface area (Å²) in [5, 5.41) is 11.8. The minimum Gasteiger partial charge on any atom is -0.483 e. The van der Waals surface area contributed by atoms with Gasteiger partial charge in [0.05, 0.1) is 12.1 Å². The second-order valence-electron chi connectivity index (χ2n) is 7.30. The third-order valence-electron chi connectivity index (χ3n) is 5.55. The van der Waals surface area contributed by atoms with Crippen LogP contribution in [0.3, 0.4) is 0 Å². The van der Waals surface area contributed by atoms with Gasteiger partial charge in [0, 0.05) is 24.7 Å². The molecule has 0 saturated heterocycles. The molecule has 6 nitrogen and oxygen atoms in total. The maximum atomic E-state index is 12.7. The SMILES string of the molecule is Cc1ccccc1[C@@H]1CCc2c(C(=O)NCCO)cc3c(nc(C)n3C)c2O1. The Kier molecular flexibility index (Phi) is 4.81. The summed E-state index contributed by atoms with van der Waals surface area (Å²) >= 11 is 0. The molecule has 6 heteroatoms. The standard InChI is InChI=1S/C22H25N3O3/c1-13-6-4-5-7-15(13)19-9-8-16-17(22(27)23-10-11-26)12-18-20(21(16)28-19)24-14(2)25(18)3/h4-7,12,19,26H,8-11H2,1-3H3,(H,23,27)/t19-/m0/s1. The third-order valence-corrected chi connectivity index (χ3v) is 5.55. The molecule has 1 aliphatic heterocycles. The number of aromatic nitrogens is 2. The van der Waals surface area contributed by atoms with Gasteiger partial charge in [0.25, 0.3) is 5.91 Å². The Balaban J connectivity index is 1.84. The average molecular weight is 379 g/mol. The lowest BCUT2D eigenvalue weighted by atomic mass is 9.91. The monoisotopic (exact) mass is 379 g/mol. The summed E-state index contributed by atoms with van der Waals surface area (Å²) in [5.41, 5.74) is 5.53. The number of amides is 1. The molecule has 0 saturated carbocycles. The normalized spacial score (nSPS) is 15.9. The van der Waals surface area contributed by atoms with E-state index in [0.29, 0.717) is 11.3 Å². The molecule has 1 aliphatic rings. The van der Waals surface area contributed by atoms with E-state index in [1.165, 1.54) is 11.1 Å². The molecule has 0 radical (unpaired) electrons. The van der Waals surface area contributed by atoms with Crippen molar-refractivity contribution in [2.75, 3.05) is 13.2 Å². The molecule has 0 fully saturated rings. The topological polar surface area (TPSA) is 76.4 Å². The molecule has 3 aromatic rings. The summed E-state index contributed by atoms with van der Waals surface area (Å²) in [6, 6.07) is 10.1. The number of rotatable bonds is 4. The second-order valence-corrected chi connectivity index (χ2v) is 7.30. The summed E-state index contributed by atoms with van der Waals surface area (Å²) in [5.74, 6) is 1.38. The molecule has 0 bridgehead atoms. The molecule has 0 spiro atoms. The number of benzene rings is 2. The maximum absolute atomic E-state index is 12.7. The van der Waals surface area contributed by atoms with Gasteiger partial charge in [-0.05, 0) is 43.9 Å². The van der Waals surface area contributed by atoms with Gasteiger partial charge in [-0.15, -0.1) is 0 Å². The van der Waals surface area contributed by atoms with Gasteiger partial charge in [-0.1, -0.05) is 24.3 Å². The van der Waals surface area contributed by atoms with E-state index >= 15 is 0 Å². The highest BCUT2D eigenvalue weighted by Gasteiger charge is 2.30. The fourth-order valence-electron chi connectivity index (χ4n) is 3.93. The van der Waals surface area contributed by atoms with Gasteiger partial charge >= 0.3 is 0 Å². The molecule has 4 rings (SSSR count). The lowest BCUT2D eigenvalue weighted by Crippen LogP contribution is -2.28. The van der Waals surface area contributed by atoms with Crippen LogP contribution in [0.15, 0.2) is 30.3 Å². The van der Waals surface area contributed by atoms with Crippen molar-refractivity contribution >= 4 is 16.9 Å². The fraction of sp³-hybridized carbons (Fsp3) is 0.364. The predicted octanol–water partition coefficient (Wildman–Crippen LogP) is 2.98. The second kappa shape index (κ2) is 7.28. The van der Waals surface area contributed by atoms with Crippen molar-refractivity contribution in [2.24, 2.45) is 7.05 Å². The molecule has 1 amide bonds. The Morgan fingerprint density at radius 2 is 2.14 bits per heavy atom. The molecule has 2 N–H and O–H groups in total. The zero-order chi connectivity index (χ0) is 19.8. The van der Waals surface area contributed by atoms with Crippen molar-refractivity contribution in [1.29, 1.82) is 0 Å². The van der Waals surface area contributed by atoms with Crippen LogP contribution in [0.25, 0.3) is 11.0 Å². The number of fused-ring (bicyclic) bond motifs is 3. The number of carbonyl (C=O) groups is 1. The van der Waals surface area contributed by atoms with Crippen molar-refractivity contribution in [3.8, 4) is 5.75 Å². The minimum absolute atomic E-state index is 0.0602. The molecule has 0 unspecified atom stereocenters. The van der Waals surface area contributed by atoms with Crippen LogP contribution in [0, 0.1) is 13.8 Å². The number of nitrogens with one attached hydrogen (secondary N) is 1. The van der Waals surface area contributed by atoms with Crippen molar-refractivity contribution in [3.63, 3.8) is 0 Å². The van der Waals surface area contributed by atoms with Crippen LogP contribution in [0.2, 0.25) is 0 Å². The molecule has 2 heterocycles. The lowest BCUT2D eigenvalue weighted by Gasteiger charge is -2.29. The number of hydrogen-bond donors (Lipinski definition) is 2. The van der Waals surface area contributed by atoms with Crippen molar-refractivity contribution in [2.45, 2.75) is 32.8 Å². The zero-order valence-electron chi connectivity index (χ0n) is 16.5. The number of hydrogen-bond acceptors (Lipinski definition) is 4. The van der Waals surface area contributed by atoms with Gasteiger partial charge in [-0.3, -0.25) is 4.79 Å². The minimum atomic E-state index is -0.191. The quantitative estimate of drug-likeness (QED) is 0.731. The van der Waals surface area contributed by atoms with Gasteiger partial charge in [0.2, 0.25) is 0 Å². The van der Waals surface area contributed by atoms with Gasteiger partial charge in [0.15, 0.2) is 5.75 Å². The maximum Gasteiger partial charge on any atom is 0.251 e. The van der Waals surface area contributed by atoms with Crippen molar-refractivity contribution < 1.29 is 14.6 Å². The van der Waals surface area contributed by atoms with E-state index < -0.39 is 0 Å². The summed E-state index contributed by atoms with van der Waals surface area (Å²) in [6.45, 7) is 4.17. The summed E-state index contributed by atoms with van der Waals surface area (Å²) < 4.78 is 8.44. The smallest absolute Gasteiger partial charge is 0.251 e. The molecule has 1 atom stereocenters. The zero-order valence-corrected chi connectivity index (χ0v) is 16.5. The van der Waals surface area contributed by atoms with Crippen LogP contribution in [-0.4, -0.2) is 33.7 Å². The Bertz CT molecular complexity index is 1050. The number of ether oxygens (including phenoxy) is 1. The first-order valence-corrected chi connectivity index (χ1v) is 9.61. The van der Waals surface area contributed by atoms with E-state index in [0.717, 1.165) is 35.3 Å². The van der Waals surface area contributed by atoms with E-state index in [-0.39, 0.29) is 25.2 Å². The van der Waals surface area contributed by atoms with Crippen LogP contribution in [0.4, 0.5) is 0 Å². The van der Waals surface area contributed by atoms with Crippen LogP contribution >= 0.6 is 0 Å². The van der Waals surface area contributed by atoms with Gasteiger partial charge in [-0.2, -0.15) is 0 Å². The van der Waals surface area contributed by atoms with Crippen molar-refractivity contribution in [1.82, 2.24) is 14.9 Å². The van der Waals surface area contributed by atoms with Crippen LogP contribution in [-0.2, 0) is 13.5 Å². The number of aryl methyl sites for hydroxylation is 3. The number of nitrogens with zero attached hydrogens (tertiary/aromatic N) is 2. The van der Waals surface area contributed by atoms with Gasteiger partial charge in [0.1, 0.15) is 17.4 Å². The first-order valence-electron chi connectivity index (χ1n) is 9.61. The Labute approximate surface area is 164 Å².